The second-order valence-electron chi connectivity index (χ2n) is 4.48. The van der Waals surface area contributed by atoms with Crippen molar-refractivity contribution in [2.24, 2.45) is 0 Å². The molecule has 0 unspecified atom stereocenters. The van der Waals surface area contributed by atoms with E-state index in [4.69, 9.17) is 0 Å². The van der Waals surface area contributed by atoms with E-state index in [-0.39, 0.29) is 5.69 Å². The number of benzene rings is 2. The highest BCUT2D eigenvalue weighted by Gasteiger charge is 2.10. The highest BCUT2D eigenvalue weighted by molar-refractivity contribution is 9.10. The summed E-state index contributed by atoms with van der Waals surface area (Å²) in [6.45, 7) is 0. The van der Waals surface area contributed by atoms with Crippen molar-refractivity contribution in [1.29, 1.82) is 0 Å². The van der Waals surface area contributed by atoms with Gasteiger partial charge in [0, 0.05) is 33.2 Å². The fourth-order valence-electron chi connectivity index (χ4n) is 1.90. The van der Waals surface area contributed by atoms with Crippen LogP contribution in [0.3, 0.4) is 0 Å². The van der Waals surface area contributed by atoms with Crippen LogP contribution in [0.2, 0.25) is 0 Å². The number of nitrogens with one attached hydrogen (secondary N) is 1. The maximum absolute atomic E-state index is 10.8. The number of halogens is 1. The molecule has 0 saturated heterocycles. The minimum absolute atomic E-state index is 0.0629. The van der Waals surface area contributed by atoms with Gasteiger partial charge < -0.3 is 5.32 Å². The molecule has 0 atom stereocenters. The van der Waals surface area contributed by atoms with E-state index in [0.29, 0.717) is 5.69 Å². The van der Waals surface area contributed by atoms with Gasteiger partial charge in [-0.15, -0.1) is 11.3 Å². The number of nitrogens with zero attached hydrogens (tertiary/aromatic N) is 2. The van der Waals surface area contributed by atoms with E-state index in [0.717, 1.165) is 20.9 Å². The molecule has 0 fully saturated rings. The summed E-state index contributed by atoms with van der Waals surface area (Å²) in [5.41, 5.74) is 2.44. The molecule has 0 radical (unpaired) electrons. The summed E-state index contributed by atoms with van der Waals surface area (Å²) in [7, 11) is 0. The second-order valence-corrected chi connectivity index (χ2v) is 6.25. The van der Waals surface area contributed by atoms with Crippen LogP contribution in [0.4, 0.5) is 16.5 Å². The molecule has 1 N–H and O–H groups in total. The van der Waals surface area contributed by atoms with Gasteiger partial charge in [0.05, 0.1) is 10.6 Å². The Morgan fingerprint density at radius 2 is 1.95 bits per heavy atom. The molecule has 0 saturated carbocycles. The van der Waals surface area contributed by atoms with Gasteiger partial charge in [0.2, 0.25) is 0 Å². The Kier molecular flexibility index (Phi) is 4.17. The SMILES string of the molecule is O=[N+]([O-])c1cccc(-c2csc(Nc3ccc(Br)cc3)n2)c1. The summed E-state index contributed by atoms with van der Waals surface area (Å²) < 4.78 is 1.01. The lowest BCUT2D eigenvalue weighted by Gasteiger charge is -2.02. The lowest BCUT2D eigenvalue weighted by molar-refractivity contribution is -0.384. The predicted octanol–water partition coefficient (Wildman–Crippen LogP) is 5.22. The number of nitro benzene ring substituents is 1. The van der Waals surface area contributed by atoms with E-state index < -0.39 is 4.92 Å². The third-order valence-corrected chi connectivity index (χ3v) is 4.24. The van der Waals surface area contributed by atoms with E-state index in [1.165, 1.54) is 23.5 Å². The minimum atomic E-state index is -0.406. The lowest BCUT2D eigenvalue weighted by Crippen LogP contribution is -1.90. The smallest absolute Gasteiger partial charge is 0.270 e. The van der Waals surface area contributed by atoms with Crippen molar-refractivity contribution in [3.8, 4) is 11.3 Å². The minimum Gasteiger partial charge on any atom is -0.332 e. The molecule has 0 aliphatic carbocycles. The van der Waals surface area contributed by atoms with Crippen molar-refractivity contribution < 1.29 is 4.92 Å². The summed E-state index contributed by atoms with van der Waals surface area (Å²) in [6.07, 6.45) is 0. The third-order valence-electron chi connectivity index (χ3n) is 2.95. The first kappa shape index (κ1) is 14.7. The summed E-state index contributed by atoms with van der Waals surface area (Å²) in [5.74, 6) is 0. The summed E-state index contributed by atoms with van der Waals surface area (Å²) in [6, 6.07) is 14.2. The van der Waals surface area contributed by atoms with Gasteiger partial charge in [-0.3, -0.25) is 10.1 Å². The Morgan fingerprint density at radius 3 is 2.68 bits per heavy atom. The first-order valence-corrected chi connectivity index (χ1v) is 8.02. The van der Waals surface area contributed by atoms with E-state index in [9.17, 15) is 10.1 Å². The second kappa shape index (κ2) is 6.25. The van der Waals surface area contributed by atoms with Crippen LogP contribution in [0.25, 0.3) is 11.3 Å². The zero-order chi connectivity index (χ0) is 15.5. The number of hydrogen-bond acceptors (Lipinski definition) is 5. The quantitative estimate of drug-likeness (QED) is 0.500. The molecule has 22 heavy (non-hydrogen) atoms. The number of thiazole rings is 1. The highest BCUT2D eigenvalue weighted by Crippen LogP contribution is 2.29. The predicted molar refractivity (Wildman–Crippen MR) is 91.6 cm³/mol. The molecule has 0 spiro atoms. The van der Waals surface area contributed by atoms with Crippen LogP contribution in [-0.2, 0) is 0 Å². The lowest BCUT2D eigenvalue weighted by atomic mass is 10.1. The van der Waals surface area contributed by atoms with Crippen LogP contribution in [0.15, 0.2) is 58.4 Å². The Morgan fingerprint density at radius 1 is 1.18 bits per heavy atom. The van der Waals surface area contributed by atoms with Crippen molar-refractivity contribution in [2.45, 2.75) is 0 Å². The molecule has 2 aromatic carbocycles. The summed E-state index contributed by atoms with van der Waals surface area (Å²) in [4.78, 5) is 14.9. The van der Waals surface area contributed by atoms with Crippen LogP contribution in [0.1, 0.15) is 0 Å². The molecule has 0 aliphatic rings. The first-order valence-electron chi connectivity index (χ1n) is 6.35. The molecule has 0 bridgehead atoms. The van der Waals surface area contributed by atoms with E-state index in [1.54, 1.807) is 6.07 Å². The van der Waals surface area contributed by atoms with E-state index in [2.05, 4.69) is 26.2 Å². The average molecular weight is 376 g/mol. The monoisotopic (exact) mass is 375 g/mol. The van der Waals surface area contributed by atoms with Crippen molar-refractivity contribution in [1.82, 2.24) is 4.98 Å². The molecule has 3 aromatic rings. The third kappa shape index (κ3) is 3.32. The van der Waals surface area contributed by atoms with Gasteiger partial charge in [0.15, 0.2) is 5.13 Å². The highest BCUT2D eigenvalue weighted by atomic mass is 79.9. The molecule has 0 aliphatic heterocycles. The van der Waals surface area contributed by atoms with Gasteiger partial charge >= 0.3 is 0 Å². The average Bonchev–Trinajstić information content (AvgIpc) is 2.98. The summed E-state index contributed by atoms with van der Waals surface area (Å²) >= 11 is 4.84. The van der Waals surface area contributed by atoms with Gasteiger partial charge in [0.25, 0.3) is 5.69 Å². The number of aromatic nitrogens is 1. The maximum Gasteiger partial charge on any atom is 0.270 e. The van der Waals surface area contributed by atoms with E-state index >= 15 is 0 Å². The Bertz CT molecular complexity index is 818. The fourth-order valence-corrected chi connectivity index (χ4v) is 2.90. The number of anilines is 2. The van der Waals surface area contributed by atoms with Crippen molar-refractivity contribution in [3.63, 3.8) is 0 Å². The number of hydrogen-bond donors (Lipinski definition) is 1. The van der Waals surface area contributed by atoms with Crippen molar-refractivity contribution in [3.05, 3.63) is 68.5 Å². The van der Waals surface area contributed by atoms with Crippen LogP contribution in [0.5, 0.6) is 0 Å². The first-order chi connectivity index (χ1) is 10.6. The fraction of sp³-hybridized carbons (Fsp3) is 0. The van der Waals surface area contributed by atoms with Crippen molar-refractivity contribution in [2.75, 3.05) is 5.32 Å². The van der Waals surface area contributed by atoms with Gasteiger partial charge in [-0.2, -0.15) is 0 Å². The van der Waals surface area contributed by atoms with Gasteiger partial charge in [-0.1, -0.05) is 28.1 Å². The number of nitro groups is 1. The van der Waals surface area contributed by atoms with Crippen LogP contribution in [-0.4, -0.2) is 9.91 Å². The Labute approximate surface area is 138 Å². The van der Waals surface area contributed by atoms with Gasteiger partial charge in [-0.25, -0.2) is 4.98 Å². The maximum atomic E-state index is 10.8. The topological polar surface area (TPSA) is 68.1 Å². The molecule has 3 rings (SSSR count). The van der Waals surface area contributed by atoms with Crippen LogP contribution < -0.4 is 5.32 Å². The molecule has 5 nitrogen and oxygen atoms in total. The summed E-state index contributed by atoms with van der Waals surface area (Å²) in [5, 5.41) is 16.7. The van der Waals surface area contributed by atoms with Crippen LogP contribution >= 0.6 is 27.3 Å². The molecule has 0 amide bonds. The molecular formula is C15H10BrN3O2S. The van der Waals surface area contributed by atoms with E-state index in [1.807, 2.05) is 35.7 Å². The largest absolute Gasteiger partial charge is 0.332 e. The van der Waals surface area contributed by atoms with Crippen molar-refractivity contribution >= 4 is 43.8 Å². The van der Waals surface area contributed by atoms with Gasteiger partial charge in [-0.05, 0) is 24.3 Å². The zero-order valence-corrected chi connectivity index (χ0v) is 13.6. The standard InChI is InChI=1S/C15H10BrN3O2S/c16-11-4-6-12(7-5-11)17-15-18-14(9-22-15)10-2-1-3-13(8-10)19(20)21/h1-9H,(H,17,18). The number of non-ortho nitro benzene ring substituents is 1. The molecule has 1 heterocycles. The van der Waals surface area contributed by atoms with Crippen LogP contribution in [0, 0.1) is 10.1 Å². The van der Waals surface area contributed by atoms with Gasteiger partial charge in [0.1, 0.15) is 0 Å². The molecule has 110 valence electrons. The molecule has 7 heteroatoms. The number of rotatable bonds is 4. The normalized spacial score (nSPS) is 10.4. The molecular weight excluding hydrogens is 366 g/mol. The molecule has 1 aromatic heterocycles. The Balaban J connectivity index is 1.83. The zero-order valence-electron chi connectivity index (χ0n) is 11.2. The Hall–Kier alpha value is -2.25.